The lowest BCUT2D eigenvalue weighted by Gasteiger charge is -2.14. The molecule has 2 heterocycles. The minimum atomic E-state index is -0.458. The van der Waals surface area contributed by atoms with Gasteiger partial charge in [0, 0.05) is 24.3 Å². The lowest BCUT2D eigenvalue weighted by atomic mass is 10.2. The maximum atomic E-state index is 11.3. The van der Waals surface area contributed by atoms with Crippen LogP contribution in [-0.2, 0) is 16.1 Å². The molecule has 180 valence electrons. The third-order valence-corrected chi connectivity index (χ3v) is 5.41. The summed E-state index contributed by atoms with van der Waals surface area (Å²) in [4.78, 5) is 26.1. The first-order chi connectivity index (χ1) is 17.1. The van der Waals surface area contributed by atoms with Crippen molar-refractivity contribution in [2.24, 2.45) is 5.73 Å². The number of fused-ring (bicyclic) bond motifs is 1. The van der Waals surface area contributed by atoms with Gasteiger partial charge in [-0.3, -0.25) is 4.79 Å². The van der Waals surface area contributed by atoms with Crippen molar-refractivity contribution in [1.29, 1.82) is 0 Å². The highest BCUT2D eigenvalue weighted by Gasteiger charge is 2.13. The summed E-state index contributed by atoms with van der Waals surface area (Å²) < 4.78 is 5.90. The minimum Gasteiger partial charge on any atom is -0.374 e. The number of aromatic nitrogens is 3. The van der Waals surface area contributed by atoms with Gasteiger partial charge in [-0.2, -0.15) is 0 Å². The molecule has 2 aromatic carbocycles. The molecule has 0 radical (unpaired) electrons. The van der Waals surface area contributed by atoms with Crippen LogP contribution in [0.15, 0.2) is 72.8 Å². The zero-order chi connectivity index (χ0) is 24.5. The number of rotatable bonds is 12. The number of hydrogen-bond acceptors (Lipinski definition) is 6. The van der Waals surface area contributed by atoms with Crippen LogP contribution in [0.1, 0.15) is 11.3 Å². The molecular weight excluding hydrogens is 440 g/mol. The van der Waals surface area contributed by atoms with Gasteiger partial charge >= 0.3 is 0 Å². The molecule has 35 heavy (non-hydrogen) atoms. The number of anilines is 1. The van der Waals surface area contributed by atoms with E-state index in [1.165, 1.54) is 5.56 Å². The summed E-state index contributed by atoms with van der Waals surface area (Å²) in [6.45, 7) is 2.65. The van der Waals surface area contributed by atoms with Crippen LogP contribution in [0.4, 0.5) is 5.82 Å². The SMILES string of the molecule is CN(CC=Cc1ccccc1)CCOCc1cc2c(NCC(N)=O)nc(-c3ccccc3)nc2[nH]1. The van der Waals surface area contributed by atoms with Gasteiger partial charge in [-0.25, -0.2) is 9.97 Å². The van der Waals surface area contributed by atoms with Gasteiger partial charge in [0.15, 0.2) is 5.82 Å². The van der Waals surface area contributed by atoms with Crippen LogP contribution in [0.5, 0.6) is 0 Å². The lowest BCUT2D eigenvalue weighted by Crippen LogP contribution is -2.23. The van der Waals surface area contributed by atoms with Crippen molar-refractivity contribution >= 4 is 28.8 Å². The molecule has 0 saturated carbocycles. The van der Waals surface area contributed by atoms with Gasteiger partial charge in [-0.1, -0.05) is 72.8 Å². The molecule has 0 spiro atoms. The topological polar surface area (TPSA) is 109 Å². The Bertz CT molecular complexity index is 1270. The van der Waals surface area contributed by atoms with E-state index < -0.39 is 5.91 Å². The Labute approximate surface area is 204 Å². The summed E-state index contributed by atoms with van der Waals surface area (Å²) in [6.07, 6.45) is 4.27. The summed E-state index contributed by atoms with van der Waals surface area (Å²) in [6, 6.07) is 21.9. The van der Waals surface area contributed by atoms with Crippen LogP contribution in [0, 0.1) is 0 Å². The fourth-order valence-corrected chi connectivity index (χ4v) is 3.59. The first kappa shape index (κ1) is 24.1. The largest absolute Gasteiger partial charge is 0.374 e. The smallest absolute Gasteiger partial charge is 0.236 e. The third kappa shape index (κ3) is 6.99. The molecule has 0 fully saturated rings. The van der Waals surface area contributed by atoms with Gasteiger partial charge in [0.2, 0.25) is 5.91 Å². The Morgan fingerprint density at radius 3 is 2.60 bits per heavy atom. The Kier molecular flexibility index (Phi) is 8.21. The minimum absolute atomic E-state index is 0.0115. The number of H-pyrrole nitrogens is 1. The Balaban J connectivity index is 1.36. The van der Waals surface area contributed by atoms with Crippen molar-refractivity contribution in [3.8, 4) is 11.4 Å². The fourth-order valence-electron chi connectivity index (χ4n) is 3.59. The van der Waals surface area contributed by atoms with Gasteiger partial charge in [-0.05, 0) is 18.7 Å². The summed E-state index contributed by atoms with van der Waals surface area (Å²) in [7, 11) is 2.07. The number of carbonyl (C=O) groups excluding carboxylic acids is 1. The second-order valence-corrected chi connectivity index (χ2v) is 8.27. The second kappa shape index (κ2) is 11.9. The number of nitrogens with one attached hydrogen (secondary N) is 2. The van der Waals surface area contributed by atoms with Crippen molar-refractivity contribution in [2.75, 3.05) is 38.6 Å². The zero-order valence-electron chi connectivity index (χ0n) is 19.8. The van der Waals surface area contributed by atoms with Crippen LogP contribution >= 0.6 is 0 Å². The van der Waals surface area contributed by atoms with Gasteiger partial charge in [-0.15, -0.1) is 0 Å². The van der Waals surface area contributed by atoms with E-state index in [0.717, 1.165) is 29.7 Å². The Hall–Kier alpha value is -4.01. The molecule has 0 bridgehead atoms. The second-order valence-electron chi connectivity index (χ2n) is 8.27. The van der Waals surface area contributed by atoms with Crippen LogP contribution < -0.4 is 11.1 Å². The lowest BCUT2D eigenvalue weighted by molar-refractivity contribution is -0.116. The first-order valence-corrected chi connectivity index (χ1v) is 11.5. The standard InChI is InChI=1S/C27H30N6O2/c1-33(14-8-11-20-9-4-2-5-10-20)15-16-35-19-22-17-23-26(29-18-24(28)34)31-25(32-27(23)30-22)21-12-6-3-7-13-21/h2-13,17H,14-16,18-19H2,1H3,(H2,28,34)(H2,29,30,31,32). The van der Waals surface area contributed by atoms with Crippen LogP contribution in [0.25, 0.3) is 28.5 Å². The zero-order valence-corrected chi connectivity index (χ0v) is 19.8. The number of ether oxygens (including phenoxy) is 1. The monoisotopic (exact) mass is 470 g/mol. The van der Waals surface area contributed by atoms with Crippen molar-refractivity contribution in [3.63, 3.8) is 0 Å². The summed E-state index contributed by atoms with van der Waals surface area (Å²) in [5.41, 5.74) is 8.96. The summed E-state index contributed by atoms with van der Waals surface area (Å²) >= 11 is 0. The molecule has 1 amide bonds. The number of nitrogens with two attached hydrogens (primary N) is 1. The van der Waals surface area contributed by atoms with Gasteiger partial charge < -0.3 is 25.7 Å². The average Bonchev–Trinajstić information content (AvgIpc) is 3.29. The molecule has 2 aromatic heterocycles. The molecule has 0 atom stereocenters. The maximum Gasteiger partial charge on any atom is 0.236 e. The highest BCUT2D eigenvalue weighted by molar-refractivity contribution is 5.91. The van der Waals surface area contributed by atoms with E-state index in [1.54, 1.807) is 0 Å². The van der Waals surface area contributed by atoms with Gasteiger partial charge in [0.05, 0.1) is 25.1 Å². The van der Waals surface area contributed by atoms with Crippen LogP contribution in [-0.4, -0.2) is 59.0 Å². The predicted octanol–water partition coefficient (Wildman–Crippen LogP) is 3.68. The van der Waals surface area contributed by atoms with Crippen molar-refractivity contribution in [1.82, 2.24) is 19.9 Å². The molecule has 0 aliphatic heterocycles. The van der Waals surface area contributed by atoms with Crippen molar-refractivity contribution < 1.29 is 9.53 Å². The number of primary amides is 1. The van der Waals surface area contributed by atoms with Crippen molar-refractivity contribution in [3.05, 3.63) is 84.1 Å². The fraction of sp³-hybridized carbons (Fsp3) is 0.222. The van der Waals surface area contributed by atoms with E-state index in [0.29, 0.717) is 30.5 Å². The molecule has 8 nitrogen and oxygen atoms in total. The van der Waals surface area contributed by atoms with Gasteiger partial charge in [0.25, 0.3) is 0 Å². The molecule has 4 N–H and O–H groups in total. The Morgan fingerprint density at radius 1 is 1.11 bits per heavy atom. The van der Waals surface area contributed by atoms with E-state index in [9.17, 15) is 4.79 Å². The first-order valence-electron chi connectivity index (χ1n) is 11.5. The average molecular weight is 471 g/mol. The molecule has 0 unspecified atom stereocenters. The van der Waals surface area contributed by atoms with Crippen LogP contribution in [0.2, 0.25) is 0 Å². The van der Waals surface area contributed by atoms with E-state index in [-0.39, 0.29) is 6.54 Å². The molecule has 4 aromatic rings. The quantitative estimate of drug-likeness (QED) is 0.273. The van der Waals surface area contributed by atoms with Crippen LogP contribution in [0.3, 0.4) is 0 Å². The number of aromatic amines is 1. The predicted molar refractivity (Wildman–Crippen MR) is 140 cm³/mol. The van der Waals surface area contributed by atoms with E-state index in [2.05, 4.69) is 56.5 Å². The Morgan fingerprint density at radius 2 is 1.86 bits per heavy atom. The molecule has 0 aliphatic carbocycles. The van der Waals surface area contributed by atoms with Gasteiger partial charge in [0.1, 0.15) is 11.5 Å². The molecule has 0 aliphatic rings. The summed E-state index contributed by atoms with van der Waals surface area (Å²) in [5, 5.41) is 3.81. The highest BCUT2D eigenvalue weighted by atomic mass is 16.5. The molecule has 4 rings (SSSR count). The van der Waals surface area contributed by atoms with E-state index in [4.69, 9.17) is 10.5 Å². The summed E-state index contributed by atoms with van der Waals surface area (Å²) in [5.74, 6) is 0.657. The van der Waals surface area contributed by atoms with E-state index >= 15 is 0 Å². The number of likely N-dealkylation sites (N-methyl/N-ethyl adjacent to an activating group) is 1. The van der Waals surface area contributed by atoms with Crippen molar-refractivity contribution in [2.45, 2.75) is 6.61 Å². The third-order valence-electron chi connectivity index (χ3n) is 5.41. The number of hydrogen-bond donors (Lipinski definition) is 3. The number of nitrogens with zero attached hydrogens (tertiary/aromatic N) is 3. The number of benzene rings is 2. The molecule has 8 heteroatoms. The highest BCUT2D eigenvalue weighted by Crippen LogP contribution is 2.26. The molecule has 0 saturated heterocycles. The van der Waals surface area contributed by atoms with E-state index in [1.807, 2.05) is 54.6 Å². The molecular formula is C27H30N6O2. The number of amides is 1. The number of carbonyl (C=O) groups is 1. The normalized spacial score (nSPS) is 11.5. The maximum absolute atomic E-state index is 11.3.